The van der Waals surface area contributed by atoms with Crippen LogP contribution in [0, 0.1) is 22.7 Å². The zero-order chi connectivity index (χ0) is 19.4. The van der Waals surface area contributed by atoms with Crippen molar-refractivity contribution in [3.8, 4) is 11.6 Å². The third kappa shape index (κ3) is 2.47. The average Bonchev–Trinajstić information content (AvgIpc) is 3.01. The molecule has 1 aromatic heterocycles. The first-order valence-electron chi connectivity index (χ1n) is 10.4. The summed E-state index contributed by atoms with van der Waals surface area (Å²) in [5.74, 6) is 2.18. The van der Waals surface area contributed by atoms with E-state index in [4.69, 9.17) is 4.74 Å². The van der Waals surface area contributed by atoms with Gasteiger partial charge in [0.15, 0.2) is 5.88 Å². The highest BCUT2D eigenvalue weighted by atomic mass is 16.5. The van der Waals surface area contributed by atoms with Gasteiger partial charge in [-0.25, -0.2) is 0 Å². The van der Waals surface area contributed by atoms with Gasteiger partial charge in [0.05, 0.1) is 0 Å². The summed E-state index contributed by atoms with van der Waals surface area (Å²) in [7, 11) is 0. The van der Waals surface area contributed by atoms with Crippen molar-refractivity contribution in [2.75, 3.05) is 0 Å². The van der Waals surface area contributed by atoms with E-state index in [-0.39, 0.29) is 22.3 Å². The summed E-state index contributed by atoms with van der Waals surface area (Å²) in [6.45, 7) is 11.9. The number of aromatic nitrogens is 1. The van der Waals surface area contributed by atoms with E-state index in [1.165, 1.54) is 12.8 Å². The summed E-state index contributed by atoms with van der Waals surface area (Å²) in [5, 5.41) is 11.9. The molecule has 2 N–H and O–H groups in total. The number of hydrogen-bond donors (Lipinski definition) is 2. The molecule has 3 heteroatoms. The van der Waals surface area contributed by atoms with E-state index in [2.05, 4.69) is 57.8 Å². The zero-order valence-corrected chi connectivity index (χ0v) is 17.3. The monoisotopic (exact) mass is 367 g/mol. The Bertz CT molecular complexity index is 880. The lowest BCUT2D eigenvalue weighted by Gasteiger charge is -2.62. The number of nitrogens with one attached hydrogen (secondary N) is 1. The normalized spacial score (nSPS) is 35.1. The first kappa shape index (κ1) is 18.5. The van der Waals surface area contributed by atoms with Crippen LogP contribution in [0.3, 0.4) is 0 Å². The lowest BCUT2D eigenvalue weighted by Crippen LogP contribution is -2.65. The van der Waals surface area contributed by atoms with Gasteiger partial charge in [-0.1, -0.05) is 52.8 Å². The van der Waals surface area contributed by atoms with Gasteiger partial charge < -0.3 is 14.8 Å². The number of aromatic hydroxyl groups is 1. The second kappa shape index (κ2) is 6.05. The van der Waals surface area contributed by atoms with Gasteiger partial charge in [-0.3, -0.25) is 0 Å². The van der Waals surface area contributed by atoms with Crippen molar-refractivity contribution in [2.24, 2.45) is 22.7 Å². The van der Waals surface area contributed by atoms with Gasteiger partial charge >= 0.3 is 0 Å². The van der Waals surface area contributed by atoms with Crippen molar-refractivity contribution < 1.29 is 9.84 Å². The van der Waals surface area contributed by atoms with Crippen LogP contribution in [-0.2, 0) is 0 Å². The SMILES string of the molecule is CCC1(C)C(C)CCC2C(C)(C)C=CCC21Oc1cccc2c(O)[nH]cc12. The van der Waals surface area contributed by atoms with E-state index in [0.717, 1.165) is 29.4 Å². The van der Waals surface area contributed by atoms with Crippen molar-refractivity contribution in [1.29, 1.82) is 0 Å². The molecule has 0 aliphatic heterocycles. The van der Waals surface area contributed by atoms with Crippen molar-refractivity contribution >= 4 is 10.8 Å². The number of ether oxygens (including phenoxy) is 1. The summed E-state index contributed by atoms with van der Waals surface area (Å²) in [6, 6.07) is 5.98. The third-order valence-corrected chi connectivity index (χ3v) is 8.07. The Kier molecular flexibility index (Phi) is 4.14. The number of aromatic amines is 1. The molecule has 27 heavy (non-hydrogen) atoms. The Hall–Kier alpha value is -1.90. The van der Waals surface area contributed by atoms with E-state index in [1.807, 2.05) is 18.3 Å². The minimum atomic E-state index is -0.237. The topological polar surface area (TPSA) is 45.2 Å². The van der Waals surface area contributed by atoms with Crippen LogP contribution in [0.25, 0.3) is 10.8 Å². The highest BCUT2D eigenvalue weighted by Crippen LogP contribution is 2.62. The van der Waals surface area contributed by atoms with Crippen LogP contribution in [0.2, 0.25) is 0 Å². The van der Waals surface area contributed by atoms with Crippen molar-refractivity contribution in [1.82, 2.24) is 4.98 Å². The van der Waals surface area contributed by atoms with Gasteiger partial charge in [-0.2, -0.15) is 0 Å². The highest BCUT2D eigenvalue weighted by molar-refractivity contribution is 5.92. The van der Waals surface area contributed by atoms with Gasteiger partial charge in [0.2, 0.25) is 0 Å². The lowest BCUT2D eigenvalue weighted by atomic mass is 9.47. The Labute approximate surface area is 162 Å². The smallest absolute Gasteiger partial charge is 0.196 e. The highest BCUT2D eigenvalue weighted by Gasteiger charge is 2.62. The zero-order valence-electron chi connectivity index (χ0n) is 17.3. The Morgan fingerprint density at radius 3 is 2.70 bits per heavy atom. The summed E-state index contributed by atoms with van der Waals surface area (Å²) >= 11 is 0. The van der Waals surface area contributed by atoms with Crippen molar-refractivity contribution in [3.63, 3.8) is 0 Å². The number of H-pyrrole nitrogens is 1. The first-order chi connectivity index (χ1) is 12.7. The molecule has 2 aliphatic rings. The molecule has 146 valence electrons. The molecule has 3 nitrogen and oxygen atoms in total. The second-order valence-electron chi connectivity index (χ2n) is 9.58. The maximum atomic E-state index is 10.1. The van der Waals surface area contributed by atoms with Crippen molar-refractivity contribution in [3.05, 3.63) is 36.5 Å². The molecule has 1 fully saturated rings. The maximum Gasteiger partial charge on any atom is 0.196 e. The van der Waals surface area contributed by atoms with Gasteiger partial charge in [-0.05, 0) is 42.7 Å². The summed E-state index contributed by atoms with van der Waals surface area (Å²) < 4.78 is 7.10. The molecule has 1 aromatic carbocycles. The first-order valence-corrected chi connectivity index (χ1v) is 10.4. The summed E-state index contributed by atoms with van der Waals surface area (Å²) in [5.41, 5.74) is -0.0275. The molecule has 2 aliphatic carbocycles. The number of fused-ring (bicyclic) bond motifs is 2. The lowest BCUT2D eigenvalue weighted by molar-refractivity contribution is -0.176. The molecular weight excluding hydrogens is 334 g/mol. The van der Waals surface area contributed by atoms with Crippen LogP contribution in [0.1, 0.15) is 60.3 Å². The van der Waals surface area contributed by atoms with Crippen LogP contribution in [0.15, 0.2) is 36.5 Å². The third-order valence-electron chi connectivity index (χ3n) is 8.07. The molecule has 4 unspecified atom stereocenters. The average molecular weight is 368 g/mol. The standard InChI is InChI=1S/C24H33NO2/c1-6-23(5)16(2)11-12-20-22(3,4)13-8-14-24(20,23)27-19-10-7-9-17-18(19)15-25-21(17)26/h7-10,13,15-16,20,25-26H,6,11-12,14H2,1-5H3. The van der Waals surface area contributed by atoms with E-state index in [0.29, 0.717) is 11.8 Å². The second-order valence-corrected chi connectivity index (χ2v) is 9.58. The Morgan fingerprint density at radius 2 is 1.96 bits per heavy atom. The minimum absolute atomic E-state index is 0.0957. The molecule has 0 spiro atoms. The molecule has 4 rings (SSSR count). The van der Waals surface area contributed by atoms with E-state index < -0.39 is 0 Å². The van der Waals surface area contributed by atoms with E-state index in [1.54, 1.807) is 0 Å². The fourth-order valence-electron chi connectivity index (χ4n) is 6.07. The summed E-state index contributed by atoms with van der Waals surface area (Å²) in [6.07, 6.45) is 11.1. The van der Waals surface area contributed by atoms with Crippen LogP contribution in [0.5, 0.6) is 11.6 Å². The van der Waals surface area contributed by atoms with E-state index >= 15 is 0 Å². The van der Waals surface area contributed by atoms with Gasteiger partial charge in [0, 0.05) is 34.7 Å². The predicted molar refractivity (Wildman–Crippen MR) is 111 cm³/mol. The number of benzene rings is 1. The van der Waals surface area contributed by atoms with Crippen molar-refractivity contribution in [2.45, 2.75) is 65.9 Å². The molecule has 2 aromatic rings. The Balaban J connectivity index is 1.90. The minimum Gasteiger partial charge on any atom is -0.494 e. The number of hydrogen-bond acceptors (Lipinski definition) is 2. The molecule has 0 bridgehead atoms. The molecular formula is C24H33NO2. The molecule has 1 saturated carbocycles. The fraction of sp³-hybridized carbons (Fsp3) is 0.583. The van der Waals surface area contributed by atoms with Gasteiger partial charge in [0.1, 0.15) is 11.4 Å². The van der Waals surface area contributed by atoms with Crippen LogP contribution in [-0.4, -0.2) is 15.7 Å². The molecule has 1 heterocycles. The van der Waals surface area contributed by atoms with E-state index in [9.17, 15) is 5.11 Å². The van der Waals surface area contributed by atoms with Crippen LogP contribution >= 0.6 is 0 Å². The molecule has 4 atom stereocenters. The van der Waals surface area contributed by atoms with Crippen LogP contribution in [0.4, 0.5) is 0 Å². The maximum absolute atomic E-state index is 10.1. The summed E-state index contributed by atoms with van der Waals surface area (Å²) in [4.78, 5) is 2.95. The molecule has 0 saturated heterocycles. The largest absolute Gasteiger partial charge is 0.494 e. The molecule has 0 radical (unpaired) electrons. The van der Waals surface area contributed by atoms with Crippen LogP contribution < -0.4 is 4.74 Å². The number of allylic oxidation sites excluding steroid dienone is 1. The fourth-order valence-corrected chi connectivity index (χ4v) is 6.07. The Morgan fingerprint density at radius 1 is 1.19 bits per heavy atom. The predicted octanol–water partition coefficient (Wildman–Crippen LogP) is 6.44. The quantitative estimate of drug-likeness (QED) is 0.613. The number of rotatable bonds is 3. The molecule has 0 amide bonds. The van der Waals surface area contributed by atoms with Gasteiger partial charge in [-0.15, -0.1) is 0 Å². The van der Waals surface area contributed by atoms with Gasteiger partial charge in [0.25, 0.3) is 0 Å².